The zero-order valence-corrected chi connectivity index (χ0v) is 24.4. The molecule has 1 saturated heterocycles. The van der Waals surface area contributed by atoms with Crippen LogP contribution < -0.4 is 19.9 Å². The Bertz CT molecular complexity index is 1310. The first-order chi connectivity index (χ1) is 19.5. The van der Waals surface area contributed by atoms with Gasteiger partial charge in [0.05, 0.1) is 23.3 Å². The van der Waals surface area contributed by atoms with Gasteiger partial charge in [-0.05, 0) is 67.9 Å². The molecular weight excluding hydrogens is 550 g/mol. The smallest absolute Gasteiger partial charge is 0.142 e. The molecule has 0 saturated carbocycles. The van der Waals surface area contributed by atoms with Crippen LogP contribution in [-0.2, 0) is 13.0 Å². The molecule has 1 atom stereocenters. The molecule has 0 amide bonds. The summed E-state index contributed by atoms with van der Waals surface area (Å²) in [6.45, 7) is 5.92. The van der Waals surface area contributed by atoms with Gasteiger partial charge in [0, 0.05) is 43.4 Å². The van der Waals surface area contributed by atoms with Gasteiger partial charge in [-0.3, -0.25) is 0 Å². The number of nitrogens with zero attached hydrogens (tertiary/aromatic N) is 1. The van der Waals surface area contributed by atoms with Crippen LogP contribution in [0.15, 0.2) is 48.5 Å². The topological polar surface area (TPSA) is 57.0 Å². The number of nitrogens with two attached hydrogens (primary N) is 1. The Morgan fingerprint density at radius 2 is 1.73 bits per heavy atom. The highest BCUT2D eigenvalue weighted by molar-refractivity contribution is 6.35. The summed E-state index contributed by atoms with van der Waals surface area (Å²) in [6, 6.07) is 15.9. The molecule has 5 rings (SSSR count). The van der Waals surface area contributed by atoms with Crippen LogP contribution in [0.4, 0.5) is 4.39 Å². The number of alkyl halides is 1. The van der Waals surface area contributed by atoms with E-state index < -0.39 is 6.17 Å². The van der Waals surface area contributed by atoms with Crippen molar-refractivity contribution in [3.05, 3.63) is 75.3 Å². The number of hydrogen-bond donors (Lipinski definition) is 1. The van der Waals surface area contributed by atoms with E-state index in [4.69, 9.17) is 43.1 Å². The Morgan fingerprint density at radius 3 is 2.50 bits per heavy atom. The normalized spacial score (nSPS) is 17.6. The van der Waals surface area contributed by atoms with Gasteiger partial charge >= 0.3 is 0 Å². The van der Waals surface area contributed by atoms with Crippen LogP contribution >= 0.6 is 23.2 Å². The molecule has 1 aliphatic carbocycles. The molecule has 2 aliphatic rings. The highest BCUT2D eigenvalue weighted by Gasteiger charge is 2.28. The van der Waals surface area contributed by atoms with Gasteiger partial charge in [0.15, 0.2) is 0 Å². The minimum Gasteiger partial charge on any atom is -0.493 e. The number of rotatable bonds is 11. The lowest BCUT2D eigenvalue weighted by atomic mass is 9.96. The van der Waals surface area contributed by atoms with Crippen molar-refractivity contribution in [2.24, 2.45) is 5.73 Å². The summed E-state index contributed by atoms with van der Waals surface area (Å²) in [5.41, 5.74) is 11.1. The molecule has 214 valence electrons. The van der Waals surface area contributed by atoms with Gasteiger partial charge in [-0.2, -0.15) is 0 Å². The van der Waals surface area contributed by atoms with Crippen molar-refractivity contribution in [1.82, 2.24) is 4.90 Å². The van der Waals surface area contributed by atoms with Gasteiger partial charge in [-0.1, -0.05) is 53.5 Å². The molecule has 40 heavy (non-hydrogen) atoms. The van der Waals surface area contributed by atoms with Crippen molar-refractivity contribution in [3.8, 4) is 28.4 Å². The minimum absolute atomic E-state index is 0.133. The van der Waals surface area contributed by atoms with E-state index in [0.717, 1.165) is 61.2 Å². The van der Waals surface area contributed by atoms with E-state index in [0.29, 0.717) is 59.9 Å². The largest absolute Gasteiger partial charge is 0.493 e. The van der Waals surface area contributed by atoms with E-state index in [1.165, 1.54) is 5.56 Å². The number of piperidine rings is 1. The summed E-state index contributed by atoms with van der Waals surface area (Å²) in [5, 5.41) is 1.13. The molecule has 0 radical (unpaired) electrons. The third-order valence-electron chi connectivity index (χ3n) is 7.77. The summed E-state index contributed by atoms with van der Waals surface area (Å²) in [5.74, 6) is 1.97. The van der Waals surface area contributed by atoms with Gasteiger partial charge in [0.25, 0.3) is 0 Å². The SMILES string of the molecule is CCOc1cc(O[C@H]2CCc3c(-c4cccc(OCCCN5CCC(F)CC5)c4Cl)cccc32)c(Cl)cc1CN. The van der Waals surface area contributed by atoms with Crippen molar-refractivity contribution in [2.45, 2.75) is 57.8 Å². The molecule has 0 bridgehead atoms. The Balaban J connectivity index is 1.29. The van der Waals surface area contributed by atoms with Crippen molar-refractivity contribution >= 4 is 23.2 Å². The van der Waals surface area contributed by atoms with Crippen LogP contribution in [0.5, 0.6) is 17.2 Å². The Kier molecular flexibility index (Phi) is 9.74. The molecular formula is C32H37Cl2FN2O3. The molecule has 5 nitrogen and oxygen atoms in total. The van der Waals surface area contributed by atoms with E-state index in [1.54, 1.807) is 0 Å². The highest BCUT2D eigenvalue weighted by Crippen LogP contribution is 2.45. The minimum atomic E-state index is -0.649. The highest BCUT2D eigenvalue weighted by atomic mass is 35.5. The second-order valence-electron chi connectivity index (χ2n) is 10.4. The average Bonchev–Trinajstić information content (AvgIpc) is 3.37. The maximum atomic E-state index is 13.4. The first-order valence-electron chi connectivity index (χ1n) is 14.2. The maximum Gasteiger partial charge on any atom is 0.142 e. The van der Waals surface area contributed by atoms with Crippen molar-refractivity contribution in [1.29, 1.82) is 0 Å². The first kappa shape index (κ1) is 29.0. The van der Waals surface area contributed by atoms with Crippen LogP contribution in [0.25, 0.3) is 11.1 Å². The van der Waals surface area contributed by atoms with E-state index in [9.17, 15) is 4.39 Å². The molecule has 3 aromatic carbocycles. The van der Waals surface area contributed by atoms with Crippen molar-refractivity contribution < 1.29 is 18.6 Å². The fraction of sp³-hybridized carbons (Fsp3) is 0.438. The van der Waals surface area contributed by atoms with Crippen molar-refractivity contribution in [2.75, 3.05) is 32.8 Å². The molecule has 3 aromatic rings. The number of ether oxygens (including phenoxy) is 3. The lowest BCUT2D eigenvalue weighted by molar-refractivity contribution is 0.143. The predicted molar refractivity (Wildman–Crippen MR) is 160 cm³/mol. The quantitative estimate of drug-likeness (QED) is 0.232. The summed E-state index contributed by atoms with van der Waals surface area (Å²) < 4.78 is 31.7. The van der Waals surface area contributed by atoms with E-state index in [-0.39, 0.29) is 6.10 Å². The summed E-state index contributed by atoms with van der Waals surface area (Å²) in [7, 11) is 0. The number of likely N-dealkylation sites (tertiary alicyclic amines) is 1. The van der Waals surface area contributed by atoms with Gasteiger partial charge in [0.2, 0.25) is 0 Å². The Morgan fingerprint density at radius 1 is 0.950 bits per heavy atom. The van der Waals surface area contributed by atoms with Gasteiger partial charge in [-0.25, -0.2) is 4.39 Å². The van der Waals surface area contributed by atoms with Crippen LogP contribution in [0.1, 0.15) is 55.4 Å². The predicted octanol–water partition coefficient (Wildman–Crippen LogP) is 7.79. The second kappa shape index (κ2) is 13.4. The van der Waals surface area contributed by atoms with Crippen LogP contribution in [0.3, 0.4) is 0 Å². The summed E-state index contributed by atoms with van der Waals surface area (Å²) in [4.78, 5) is 2.31. The standard InChI is InChI=1S/C32H37Cl2FN2O3/c1-2-38-30-19-31(27(33)18-21(30)20-36)40-28-11-10-24-23(6-3-7-25(24)28)26-8-4-9-29(32(26)34)39-17-5-14-37-15-12-22(35)13-16-37/h3-4,6-9,18-19,22,28H,2,5,10-17,20,36H2,1H3/t28-/m0/s1. The van der Waals surface area contributed by atoms with E-state index in [1.807, 2.05) is 43.3 Å². The fourth-order valence-electron chi connectivity index (χ4n) is 5.69. The third-order valence-corrected chi connectivity index (χ3v) is 8.45. The first-order valence-corrected chi connectivity index (χ1v) is 15.0. The molecule has 8 heteroatoms. The van der Waals surface area contributed by atoms with Crippen LogP contribution in [0, 0.1) is 0 Å². The third kappa shape index (κ3) is 6.52. The van der Waals surface area contributed by atoms with Gasteiger partial charge < -0.3 is 24.8 Å². The lowest BCUT2D eigenvalue weighted by Gasteiger charge is -2.28. The van der Waals surface area contributed by atoms with E-state index >= 15 is 0 Å². The molecule has 1 heterocycles. The zero-order valence-electron chi connectivity index (χ0n) is 22.9. The van der Waals surface area contributed by atoms with Crippen LogP contribution in [-0.4, -0.2) is 43.9 Å². The van der Waals surface area contributed by atoms with Crippen LogP contribution in [0.2, 0.25) is 10.0 Å². The average molecular weight is 588 g/mol. The molecule has 2 N–H and O–H groups in total. The second-order valence-corrected chi connectivity index (χ2v) is 11.2. The number of halogens is 3. The van der Waals surface area contributed by atoms with E-state index in [2.05, 4.69) is 17.0 Å². The maximum absolute atomic E-state index is 13.4. The zero-order chi connectivity index (χ0) is 28.1. The fourth-order valence-corrected chi connectivity index (χ4v) is 6.20. The molecule has 0 aromatic heterocycles. The monoisotopic (exact) mass is 586 g/mol. The van der Waals surface area contributed by atoms with Gasteiger partial charge in [0.1, 0.15) is 29.5 Å². The molecule has 1 fully saturated rings. The molecule has 1 aliphatic heterocycles. The molecule has 0 unspecified atom stereocenters. The number of fused-ring (bicyclic) bond motifs is 1. The van der Waals surface area contributed by atoms with Gasteiger partial charge in [-0.15, -0.1) is 0 Å². The Hall–Kier alpha value is -2.51. The summed E-state index contributed by atoms with van der Waals surface area (Å²) >= 11 is 13.5. The molecule has 0 spiro atoms. The summed E-state index contributed by atoms with van der Waals surface area (Å²) in [6.07, 6.45) is 3.05. The lowest BCUT2D eigenvalue weighted by Crippen LogP contribution is -2.35. The number of hydrogen-bond acceptors (Lipinski definition) is 5. The number of benzene rings is 3. The Labute approximate surface area is 246 Å². The van der Waals surface area contributed by atoms with Crippen molar-refractivity contribution in [3.63, 3.8) is 0 Å².